The second-order valence-corrected chi connectivity index (χ2v) is 5.09. The Labute approximate surface area is 120 Å². The van der Waals surface area contributed by atoms with E-state index in [4.69, 9.17) is 4.74 Å². The Bertz CT molecular complexity index is 560. The van der Waals surface area contributed by atoms with Crippen molar-refractivity contribution in [1.29, 1.82) is 0 Å². The summed E-state index contributed by atoms with van der Waals surface area (Å²) in [7, 11) is 1.68. The molecule has 2 aromatic rings. The topological polar surface area (TPSA) is 21.3 Å². The molecule has 0 aliphatic rings. The zero-order chi connectivity index (χ0) is 13.7. The Morgan fingerprint density at radius 1 is 1.16 bits per heavy atom. The number of ether oxygens (including phenoxy) is 1. The van der Waals surface area contributed by atoms with Crippen LogP contribution < -0.4 is 5.32 Å². The lowest BCUT2D eigenvalue weighted by molar-refractivity contribution is 0.185. The van der Waals surface area contributed by atoms with Gasteiger partial charge < -0.3 is 10.1 Å². The van der Waals surface area contributed by atoms with Gasteiger partial charge >= 0.3 is 0 Å². The van der Waals surface area contributed by atoms with Crippen LogP contribution in [0.15, 0.2) is 46.9 Å². The van der Waals surface area contributed by atoms with Crippen LogP contribution in [0.1, 0.15) is 11.1 Å². The van der Waals surface area contributed by atoms with Gasteiger partial charge in [0.25, 0.3) is 0 Å². The van der Waals surface area contributed by atoms with E-state index in [1.165, 1.54) is 6.07 Å². The van der Waals surface area contributed by atoms with Crippen LogP contribution in [0.25, 0.3) is 0 Å². The molecule has 0 saturated heterocycles. The number of anilines is 1. The molecule has 2 aromatic carbocycles. The fourth-order valence-electron chi connectivity index (χ4n) is 1.81. The molecule has 0 aliphatic carbocycles. The monoisotopic (exact) mass is 323 g/mol. The molecule has 0 fully saturated rings. The van der Waals surface area contributed by atoms with Crippen molar-refractivity contribution >= 4 is 21.6 Å². The Morgan fingerprint density at radius 3 is 2.68 bits per heavy atom. The van der Waals surface area contributed by atoms with Crippen LogP contribution in [0.3, 0.4) is 0 Å². The van der Waals surface area contributed by atoms with E-state index in [0.29, 0.717) is 17.6 Å². The van der Waals surface area contributed by atoms with Crippen LogP contribution in [0, 0.1) is 5.82 Å². The summed E-state index contributed by atoms with van der Waals surface area (Å²) in [6, 6.07) is 13.1. The Kier molecular flexibility index (Phi) is 4.93. The first-order valence-corrected chi connectivity index (χ1v) is 6.74. The molecular formula is C15H15BrFNO. The number of hydrogen-bond acceptors (Lipinski definition) is 2. The molecule has 0 atom stereocenters. The first-order chi connectivity index (χ1) is 9.19. The number of rotatable bonds is 5. The van der Waals surface area contributed by atoms with Crippen LogP contribution in [-0.4, -0.2) is 7.11 Å². The lowest BCUT2D eigenvalue weighted by Gasteiger charge is -2.08. The van der Waals surface area contributed by atoms with Gasteiger partial charge in [-0.05, 0) is 45.3 Å². The maximum absolute atomic E-state index is 13.1. The fourth-order valence-corrected chi connectivity index (χ4v) is 2.19. The van der Waals surface area contributed by atoms with Crippen LogP contribution in [0.2, 0.25) is 0 Å². The standard InChI is InChI=1S/C15H15BrFNO/c1-19-10-12-4-2-3-11(7-12)9-18-13-5-6-15(17)14(16)8-13/h2-8,18H,9-10H2,1H3. The predicted molar refractivity (Wildman–Crippen MR) is 78.6 cm³/mol. The zero-order valence-corrected chi connectivity index (χ0v) is 12.2. The quantitative estimate of drug-likeness (QED) is 0.883. The second kappa shape index (κ2) is 6.68. The predicted octanol–water partition coefficient (Wildman–Crippen LogP) is 4.35. The van der Waals surface area contributed by atoms with E-state index in [1.54, 1.807) is 19.2 Å². The summed E-state index contributed by atoms with van der Waals surface area (Å²) in [6.45, 7) is 1.30. The van der Waals surface area contributed by atoms with Crippen molar-refractivity contribution in [2.24, 2.45) is 0 Å². The summed E-state index contributed by atoms with van der Waals surface area (Å²) in [6.07, 6.45) is 0. The van der Waals surface area contributed by atoms with E-state index in [-0.39, 0.29) is 5.82 Å². The van der Waals surface area contributed by atoms with Crippen molar-refractivity contribution < 1.29 is 9.13 Å². The van der Waals surface area contributed by atoms with Crippen molar-refractivity contribution in [3.8, 4) is 0 Å². The van der Waals surface area contributed by atoms with E-state index in [1.807, 2.05) is 18.2 Å². The fraction of sp³-hybridized carbons (Fsp3) is 0.200. The van der Waals surface area contributed by atoms with Crippen LogP contribution in [-0.2, 0) is 17.9 Å². The van der Waals surface area contributed by atoms with Crippen LogP contribution in [0.5, 0.6) is 0 Å². The van der Waals surface area contributed by atoms with Crippen molar-refractivity contribution in [1.82, 2.24) is 0 Å². The molecule has 0 radical (unpaired) electrons. The number of benzene rings is 2. The van der Waals surface area contributed by atoms with E-state index in [2.05, 4.69) is 27.3 Å². The summed E-state index contributed by atoms with van der Waals surface area (Å²) in [5, 5.41) is 3.26. The van der Waals surface area contributed by atoms with Crippen LogP contribution >= 0.6 is 15.9 Å². The van der Waals surface area contributed by atoms with Gasteiger partial charge in [0.2, 0.25) is 0 Å². The highest BCUT2D eigenvalue weighted by Crippen LogP contribution is 2.20. The molecule has 19 heavy (non-hydrogen) atoms. The molecule has 0 amide bonds. The van der Waals surface area contributed by atoms with E-state index >= 15 is 0 Å². The third-order valence-corrected chi connectivity index (χ3v) is 3.33. The normalized spacial score (nSPS) is 10.5. The first-order valence-electron chi connectivity index (χ1n) is 5.94. The summed E-state index contributed by atoms with van der Waals surface area (Å²) in [4.78, 5) is 0. The average molecular weight is 324 g/mol. The van der Waals surface area contributed by atoms with Crippen LogP contribution in [0.4, 0.5) is 10.1 Å². The van der Waals surface area contributed by atoms with E-state index < -0.39 is 0 Å². The first kappa shape index (κ1) is 14.0. The van der Waals surface area contributed by atoms with Gasteiger partial charge in [-0.2, -0.15) is 0 Å². The molecule has 0 unspecified atom stereocenters. The van der Waals surface area contributed by atoms with Gasteiger partial charge in [-0.25, -0.2) is 4.39 Å². The molecular weight excluding hydrogens is 309 g/mol. The van der Waals surface area contributed by atoms with E-state index in [0.717, 1.165) is 16.8 Å². The van der Waals surface area contributed by atoms with Crippen molar-refractivity contribution in [3.05, 3.63) is 63.9 Å². The molecule has 0 bridgehead atoms. The summed E-state index contributed by atoms with van der Waals surface area (Å²) in [5.74, 6) is -0.257. The number of halogens is 2. The van der Waals surface area contributed by atoms with E-state index in [9.17, 15) is 4.39 Å². The van der Waals surface area contributed by atoms with Gasteiger partial charge in [0.1, 0.15) is 5.82 Å². The molecule has 2 nitrogen and oxygen atoms in total. The lowest BCUT2D eigenvalue weighted by Crippen LogP contribution is -2.00. The number of nitrogens with one attached hydrogen (secondary N) is 1. The maximum atomic E-state index is 13.1. The lowest BCUT2D eigenvalue weighted by atomic mass is 10.1. The minimum Gasteiger partial charge on any atom is -0.381 e. The summed E-state index contributed by atoms with van der Waals surface area (Å²) >= 11 is 3.17. The van der Waals surface area contributed by atoms with Gasteiger partial charge in [-0.1, -0.05) is 24.3 Å². The second-order valence-electron chi connectivity index (χ2n) is 4.24. The zero-order valence-electron chi connectivity index (χ0n) is 10.6. The van der Waals surface area contributed by atoms with Gasteiger partial charge in [0, 0.05) is 19.3 Å². The molecule has 0 aliphatic heterocycles. The summed E-state index contributed by atoms with van der Waals surface area (Å²) in [5.41, 5.74) is 3.18. The van der Waals surface area contributed by atoms with Crippen molar-refractivity contribution in [2.45, 2.75) is 13.2 Å². The van der Waals surface area contributed by atoms with Gasteiger partial charge in [-0.15, -0.1) is 0 Å². The molecule has 0 saturated carbocycles. The molecule has 4 heteroatoms. The Morgan fingerprint density at radius 2 is 1.95 bits per heavy atom. The third kappa shape index (κ3) is 4.04. The molecule has 1 N–H and O–H groups in total. The average Bonchev–Trinajstić information content (AvgIpc) is 2.41. The smallest absolute Gasteiger partial charge is 0.137 e. The van der Waals surface area contributed by atoms with Crippen molar-refractivity contribution in [3.63, 3.8) is 0 Å². The summed E-state index contributed by atoms with van der Waals surface area (Å²) < 4.78 is 18.7. The largest absolute Gasteiger partial charge is 0.381 e. The van der Waals surface area contributed by atoms with Gasteiger partial charge in [0.05, 0.1) is 11.1 Å². The molecule has 100 valence electrons. The number of methoxy groups -OCH3 is 1. The highest BCUT2D eigenvalue weighted by atomic mass is 79.9. The minimum absolute atomic E-state index is 0.257. The molecule has 0 heterocycles. The Balaban J connectivity index is 2.01. The van der Waals surface area contributed by atoms with Crippen molar-refractivity contribution in [2.75, 3.05) is 12.4 Å². The Hall–Kier alpha value is -1.39. The van der Waals surface area contributed by atoms with Gasteiger partial charge in [0.15, 0.2) is 0 Å². The maximum Gasteiger partial charge on any atom is 0.137 e. The molecule has 2 rings (SSSR count). The number of hydrogen-bond donors (Lipinski definition) is 1. The third-order valence-electron chi connectivity index (χ3n) is 2.72. The highest BCUT2D eigenvalue weighted by Gasteiger charge is 2.01. The molecule has 0 spiro atoms. The minimum atomic E-state index is -0.257. The highest BCUT2D eigenvalue weighted by molar-refractivity contribution is 9.10. The molecule has 0 aromatic heterocycles. The van der Waals surface area contributed by atoms with Gasteiger partial charge in [-0.3, -0.25) is 0 Å². The SMILES string of the molecule is COCc1cccc(CNc2ccc(F)c(Br)c2)c1.